The maximum atomic E-state index is 5.79. The van der Waals surface area contributed by atoms with Crippen LogP contribution in [0.25, 0.3) is 0 Å². The van der Waals surface area contributed by atoms with Gasteiger partial charge in [-0.1, -0.05) is 30.3 Å². The van der Waals surface area contributed by atoms with Crippen molar-refractivity contribution in [2.45, 2.75) is 11.8 Å². The van der Waals surface area contributed by atoms with Crippen molar-refractivity contribution in [1.82, 2.24) is 0 Å². The molecule has 0 saturated heterocycles. The van der Waals surface area contributed by atoms with Crippen LogP contribution in [0.4, 0.5) is 0 Å². The average Bonchev–Trinajstić information content (AvgIpc) is 2.24. The number of para-hydroxylation sites is 2. The molecule has 2 aromatic rings. The Kier molecular flexibility index (Phi) is 2.97. The maximum Gasteiger partial charge on any atom is 0.192 e. The van der Waals surface area contributed by atoms with Gasteiger partial charge in [0.1, 0.15) is 5.75 Å². The number of benzene rings is 2. The first kappa shape index (κ1) is 10.1. The Balaban J connectivity index is 2.30. The van der Waals surface area contributed by atoms with Crippen LogP contribution in [0, 0.1) is 6.92 Å². The molecular formula is C13H13OS+. The highest BCUT2D eigenvalue weighted by Crippen LogP contribution is 2.27. The van der Waals surface area contributed by atoms with Gasteiger partial charge >= 0.3 is 0 Å². The summed E-state index contributed by atoms with van der Waals surface area (Å²) in [5, 5.41) is 0. The normalized spacial score (nSPS) is 10.0. The van der Waals surface area contributed by atoms with E-state index in [1.807, 2.05) is 55.5 Å². The van der Waals surface area contributed by atoms with Crippen LogP contribution in [0.15, 0.2) is 53.4 Å². The highest BCUT2D eigenvalue weighted by molar-refractivity contribution is 7.58. The summed E-state index contributed by atoms with van der Waals surface area (Å²) in [5.74, 6) is 1.73. The van der Waals surface area contributed by atoms with Crippen LogP contribution in [0.1, 0.15) is 5.56 Å². The van der Waals surface area contributed by atoms with Crippen molar-refractivity contribution in [2.24, 2.45) is 0 Å². The lowest BCUT2D eigenvalue weighted by Gasteiger charge is -2.07. The Bertz CT molecular complexity index is 422. The topological polar surface area (TPSA) is 9.23 Å². The van der Waals surface area contributed by atoms with Gasteiger partial charge in [0.15, 0.2) is 10.6 Å². The van der Waals surface area contributed by atoms with Gasteiger partial charge in [-0.25, -0.2) is 0 Å². The molecule has 15 heavy (non-hydrogen) atoms. The summed E-state index contributed by atoms with van der Waals surface area (Å²) in [6.07, 6.45) is 0. The lowest BCUT2D eigenvalue weighted by Crippen LogP contribution is -1.88. The third-order valence-electron chi connectivity index (χ3n) is 2.20. The van der Waals surface area contributed by atoms with Gasteiger partial charge in [0.2, 0.25) is 0 Å². The monoisotopic (exact) mass is 217 g/mol. The second-order valence-electron chi connectivity index (χ2n) is 3.36. The number of ether oxygens (including phenoxy) is 1. The van der Waals surface area contributed by atoms with Gasteiger partial charge in [0, 0.05) is 0 Å². The lowest BCUT2D eigenvalue weighted by atomic mass is 10.2. The van der Waals surface area contributed by atoms with Crippen molar-refractivity contribution >= 4 is 12.6 Å². The van der Waals surface area contributed by atoms with E-state index in [0.29, 0.717) is 0 Å². The fourth-order valence-corrected chi connectivity index (χ4v) is 1.58. The fourth-order valence-electron chi connectivity index (χ4n) is 1.35. The van der Waals surface area contributed by atoms with E-state index >= 15 is 0 Å². The van der Waals surface area contributed by atoms with E-state index in [-0.39, 0.29) is 0 Å². The summed E-state index contributed by atoms with van der Waals surface area (Å²) in [6, 6.07) is 15.8. The van der Waals surface area contributed by atoms with Crippen molar-refractivity contribution < 1.29 is 4.74 Å². The van der Waals surface area contributed by atoms with Crippen LogP contribution in [0.5, 0.6) is 11.5 Å². The molecule has 0 aliphatic heterocycles. The molecule has 0 heterocycles. The van der Waals surface area contributed by atoms with Gasteiger partial charge in [-0.3, -0.25) is 0 Å². The highest BCUT2D eigenvalue weighted by atomic mass is 32.1. The zero-order valence-electron chi connectivity index (χ0n) is 8.53. The Morgan fingerprint density at radius 1 is 0.867 bits per heavy atom. The predicted octanol–water partition coefficient (Wildman–Crippen LogP) is 3.16. The molecular weight excluding hydrogens is 204 g/mol. The molecule has 0 aliphatic rings. The molecule has 0 aliphatic carbocycles. The summed E-state index contributed by atoms with van der Waals surface area (Å²) in [4.78, 5) is 0.959. The summed E-state index contributed by atoms with van der Waals surface area (Å²) >= 11 is 3.51. The highest BCUT2D eigenvalue weighted by Gasteiger charge is 2.05. The summed E-state index contributed by atoms with van der Waals surface area (Å²) in [5.41, 5.74) is 1.13. The molecule has 2 rings (SSSR count). The zero-order valence-corrected chi connectivity index (χ0v) is 9.53. The fraction of sp³-hybridized carbons (Fsp3) is 0.0769. The van der Waals surface area contributed by atoms with E-state index in [4.69, 9.17) is 4.74 Å². The quantitative estimate of drug-likeness (QED) is 0.702. The van der Waals surface area contributed by atoms with E-state index in [0.717, 1.165) is 22.0 Å². The average molecular weight is 217 g/mol. The Morgan fingerprint density at radius 2 is 1.47 bits per heavy atom. The third-order valence-corrected chi connectivity index (χ3v) is 2.61. The van der Waals surface area contributed by atoms with Crippen LogP contribution in [-0.4, -0.2) is 0 Å². The van der Waals surface area contributed by atoms with E-state index in [9.17, 15) is 0 Å². The first-order valence-corrected chi connectivity index (χ1v) is 5.31. The molecule has 0 fully saturated rings. The predicted molar refractivity (Wildman–Crippen MR) is 66.1 cm³/mol. The molecule has 76 valence electrons. The van der Waals surface area contributed by atoms with Gasteiger partial charge in [-0.05, 0) is 43.3 Å². The molecule has 0 N–H and O–H groups in total. The van der Waals surface area contributed by atoms with Crippen LogP contribution in [-0.2, 0) is 12.6 Å². The van der Waals surface area contributed by atoms with Gasteiger partial charge in [-0.2, -0.15) is 0 Å². The molecule has 0 aromatic heterocycles. The van der Waals surface area contributed by atoms with Gasteiger partial charge in [0.25, 0.3) is 0 Å². The lowest BCUT2D eigenvalue weighted by molar-refractivity contribution is 0.467. The van der Waals surface area contributed by atoms with Crippen molar-refractivity contribution in [3.8, 4) is 11.5 Å². The first-order chi connectivity index (χ1) is 7.27. The standard InChI is InChI=1S/C13H12OS/c1-10-6-2-3-7-11(10)14-12-8-4-5-9-13(12)15/h2-9,15H,1H3/p+1. The summed E-state index contributed by atoms with van der Waals surface area (Å²) in [6.45, 7) is 2.03. The second-order valence-corrected chi connectivity index (χ2v) is 3.90. The smallest absolute Gasteiger partial charge is 0.192 e. The van der Waals surface area contributed by atoms with Gasteiger partial charge < -0.3 is 4.74 Å². The maximum absolute atomic E-state index is 5.79. The molecule has 0 radical (unpaired) electrons. The van der Waals surface area contributed by atoms with Crippen LogP contribution in [0.3, 0.4) is 0 Å². The van der Waals surface area contributed by atoms with E-state index in [1.165, 1.54) is 0 Å². The SMILES string of the molecule is Cc1ccccc1Oc1ccccc1[SH2+]. The van der Waals surface area contributed by atoms with E-state index in [1.54, 1.807) is 0 Å². The number of hydrogen-bond donors (Lipinski definition) is 0. The summed E-state index contributed by atoms with van der Waals surface area (Å²) < 4.78 is 5.79. The minimum absolute atomic E-state index is 0.837. The minimum atomic E-state index is 0.837. The van der Waals surface area contributed by atoms with E-state index in [2.05, 4.69) is 12.6 Å². The van der Waals surface area contributed by atoms with Crippen LogP contribution >= 0.6 is 0 Å². The van der Waals surface area contributed by atoms with Crippen molar-refractivity contribution in [3.05, 3.63) is 54.1 Å². The Labute approximate surface area is 95.1 Å². The largest absolute Gasteiger partial charge is 0.452 e. The molecule has 0 unspecified atom stereocenters. The van der Waals surface area contributed by atoms with Gasteiger partial charge in [0.05, 0.1) is 0 Å². The minimum Gasteiger partial charge on any atom is -0.452 e. The number of hydrogen-bond acceptors (Lipinski definition) is 1. The molecule has 1 nitrogen and oxygen atoms in total. The number of aryl methyl sites for hydroxylation is 1. The number of rotatable bonds is 2. The Morgan fingerprint density at radius 3 is 2.13 bits per heavy atom. The van der Waals surface area contributed by atoms with Gasteiger partial charge in [-0.15, -0.1) is 0 Å². The molecule has 0 bridgehead atoms. The zero-order chi connectivity index (χ0) is 10.7. The molecule has 0 amide bonds. The first-order valence-electron chi connectivity index (χ1n) is 4.81. The summed E-state index contributed by atoms with van der Waals surface area (Å²) in [7, 11) is 0. The van der Waals surface area contributed by atoms with E-state index < -0.39 is 0 Å². The molecule has 0 spiro atoms. The van der Waals surface area contributed by atoms with Crippen molar-refractivity contribution in [1.29, 1.82) is 0 Å². The van der Waals surface area contributed by atoms with Crippen LogP contribution in [0.2, 0.25) is 0 Å². The molecule has 2 heteroatoms. The second kappa shape index (κ2) is 4.41. The molecule has 2 aromatic carbocycles. The van der Waals surface area contributed by atoms with Crippen molar-refractivity contribution in [2.75, 3.05) is 0 Å². The molecule has 0 atom stereocenters. The Hall–Kier alpha value is -1.41. The van der Waals surface area contributed by atoms with Crippen molar-refractivity contribution in [3.63, 3.8) is 0 Å². The third kappa shape index (κ3) is 2.34. The molecule has 0 saturated carbocycles. The van der Waals surface area contributed by atoms with Crippen LogP contribution < -0.4 is 4.74 Å².